The molecule has 0 heterocycles. The van der Waals surface area contributed by atoms with E-state index in [0.29, 0.717) is 32.9 Å². The Hall–Kier alpha value is -0.965. The molecule has 0 rings (SSSR count). The number of hydrogen-bond donors (Lipinski definition) is 4. The van der Waals surface area contributed by atoms with Gasteiger partial charge in [0.15, 0.2) is 0 Å². The molecule has 2 radical (unpaired) electrons. The highest BCUT2D eigenvalue weighted by molar-refractivity contribution is 7.81. The number of ether oxygens (including phenoxy) is 3. The Bertz CT molecular complexity index is 629. The zero-order valence-electron chi connectivity index (χ0n) is 22.1. The first-order valence-corrected chi connectivity index (χ1v) is 11.8. The Morgan fingerprint density at radius 3 is 1.91 bits per heavy atom. The van der Waals surface area contributed by atoms with Crippen LogP contribution < -0.4 is 16.4 Å². The van der Waals surface area contributed by atoms with Crippen LogP contribution in [0, 0.1) is 5.41 Å². The highest BCUT2D eigenvalue weighted by Crippen LogP contribution is 2.26. The van der Waals surface area contributed by atoms with Crippen molar-refractivity contribution in [2.75, 3.05) is 39.5 Å². The van der Waals surface area contributed by atoms with Crippen LogP contribution in [0.2, 0.25) is 5.31 Å². The number of alkyl carbamates (subject to hydrolysis) is 1. The Balaban J connectivity index is 4.33. The summed E-state index contributed by atoms with van der Waals surface area (Å²) in [5, 5.41) is 4.84. The minimum atomic E-state index is -0.787. The van der Waals surface area contributed by atoms with Gasteiger partial charge in [0.05, 0.1) is 32.4 Å². The molecule has 0 aliphatic carbocycles. The van der Waals surface area contributed by atoms with Gasteiger partial charge in [-0.15, -0.1) is 0 Å². The van der Waals surface area contributed by atoms with Crippen LogP contribution in [0.3, 0.4) is 0 Å². The molecular formula is C23H46BN3O5S. The number of amides is 2. The topological polar surface area (TPSA) is 112 Å². The zero-order chi connectivity index (χ0) is 26.1. The number of nitrogens with two attached hydrogens (primary N) is 1. The van der Waals surface area contributed by atoms with Crippen LogP contribution >= 0.6 is 12.6 Å². The van der Waals surface area contributed by atoms with Gasteiger partial charge in [0.1, 0.15) is 5.60 Å². The largest absolute Gasteiger partial charge is 0.444 e. The number of thiol groups is 1. The van der Waals surface area contributed by atoms with E-state index in [4.69, 9.17) is 27.8 Å². The van der Waals surface area contributed by atoms with E-state index in [9.17, 15) is 9.59 Å². The van der Waals surface area contributed by atoms with Crippen LogP contribution in [0.4, 0.5) is 4.79 Å². The van der Waals surface area contributed by atoms with Crippen LogP contribution in [-0.4, -0.2) is 75.3 Å². The van der Waals surface area contributed by atoms with Crippen molar-refractivity contribution in [1.82, 2.24) is 10.6 Å². The molecule has 8 nitrogen and oxygen atoms in total. The van der Waals surface area contributed by atoms with Crippen molar-refractivity contribution in [3.8, 4) is 0 Å². The van der Waals surface area contributed by atoms with E-state index < -0.39 is 27.3 Å². The van der Waals surface area contributed by atoms with Crippen LogP contribution in [0.15, 0.2) is 0 Å². The van der Waals surface area contributed by atoms with Crippen LogP contribution in [0.1, 0.15) is 68.7 Å². The molecule has 0 aliphatic rings. The minimum Gasteiger partial charge on any atom is -0.444 e. The third-order valence-electron chi connectivity index (χ3n) is 4.15. The summed E-state index contributed by atoms with van der Waals surface area (Å²) >= 11 is 4.58. The summed E-state index contributed by atoms with van der Waals surface area (Å²) in [6.07, 6.45) is -0.352. The first-order valence-electron chi connectivity index (χ1n) is 11.3. The third-order valence-corrected chi connectivity index (χ3v) is 4.44. The minimum absolute atomic E-state index is 0.139. The lowest BCUT2D eigenvalue weighted by Gasteiger charge is -2.30. The molecule has 0 saturated heterocycles. The molecule has 0 aromatic rings. The van der Waals surface area contributed by atoms with E-state index in [1.807, 2.05) is 34.6 Å². The van der Waals surface area contributed by atoms with Crippen molar-refractivity contribution in [1.29, 1.82) is 0 Å². The van der Waals surface area contributed by atoms with Crippen molar-refractivity contribution >= 4 is 32.5 Å². The zero-order valence-corrected chi connectivity index (χ0v) is 23.0. The van der Waals surface area contributed by atoms with E-state index >= 15 is 0 Å². The third kappa shape index (κ3) is 19.1. The van der Waals surface area contributed by atoms with Crippen molar-refractivity contribution < 1.29 is 23.8 Å². The van der Waals surface area contributed by atoms with E-state index in [2.05, 4.69) is 23.3 Å². The second-order valence-electron chi connectivity index (χ2n) is 12.1. The van der Waals surface area contributed by atoms with Crippen molar-refractivity contribution in [3.63, 3.8) is 0 Å². The summed E-state index contributed by atoms with van der Waals surface area (Å²) in [4.78, 5) is 24.2. The predicted octanol–water partition coefficient (Wildman–Crippen LogP) is 2.85. The van der Waals surface area contributed by atoms with Gasteiger partial charge in [0, 0.05) is 37.1 Å². The SMILES string of the molecule is [B]C(C)(COCC(C)(C)N)CC(=O)NCC(C)(C)COCC(C)(S)CNC(=O)OC(C)(C)C. The Morgan fingerprint density at radius 2 is 1.39 bits per heavy atom. The summed E-state index contributed by atoms with van der Waals surface area (Å²) < 4.78 is 16.1. The van der Waals surface area contributed by atoms with Crippen LogP contribution in [-0.2, 0) is 19.0 Å². The van der Waals surface area contributed by atoms with Crippen molar-refractivity contribution in [2.24, 2.45) is 11.1 Å². The number of hydrogen-bond acceptors (Lipinski definition) is 7. The second kappa shape index (κ2) is 12.7. The molecule has 2 unspecified atom stereocenters. The summed E-state index contributed by atoms with van der Waals surface area (Å²) in [5.41, 5.74) is 4.59. The van der Waals surface area contributed by atoms with Gasteiger partial charge in [-0.1, -0.05) is 20.8 Å². The van der Waals surface area contributed by atoms with Gasteiger partial charge >= 0.3 is 6.09 Å². The maximum absolute atomic E-state index is 12.4. The van der Waals surface area contributed by atoms with E-state index in [0.717, 1.165) is 0 Å². The highest BCUT2D eigenvalue weighted by atomic mass is 32.1. The first kappa shape index (κ1) is 32.0. The normalized spacial score (nSPS) is 16.5. The molecular weight excluding hydrogens is 441 g/mol. The molecule has 0 aliphatic heterocycles. The standard InChI is InChI=1S/C23H46BN3O5S/c1-19(2,3)32-18(29)27-12-23(9,33)16-30-13-20(4,5)11-26-17(28)10-22(8,24)15-31-14-21(6,7)25/h33H,10-16,25H2,1-9H3,(H,26,28)(H,27,29). The van der Waals surface area contributed by atoms with E-state index in [1.165, 1.54) is 0 Å². The number of carbonyl (C=O) groups excluding carboxylic acids is 2. The Labute approximate surface area is 207 Å². The number of rotatable bonds is 14. The van der Waals surface area contributed by atoms with Gasteiger partial charge in [-0.25, -0.2) is 4.79 Å². The quantitative estimate of drug-likeness (QED) is 0.222. The molecule has 0 spiro atoms. The highest BCUT2D eigenvalue weighted by Gasteiger charge is 2.27. The van der Waals surface area contributed by atoms with Crippen LogP contribution in [0.5, 0.6) is 0 Å². The van der Waals surface area contributed by atoms with Gasteiger partial charge in [-0.3, -0.25) is 4.79 Å². The molecule has 4 N–H and O–H groups in total. The molecule has 0 aromatic carbocycles. The lowest BCUT2D eigenvalue weighted by molar-refractivity contribution is -0.122. The van der Waals surface area contributed by atoms with E-state index in [-0.39, 0.29) is 24.3 Å². The molecule has 2 amide bonds. The average Bonchev–Trinajstić information content (AvgIpc) is 2.55. The summed E-state index contributed by atoms with van der Waals surface area (Å²) in [6, 6.07) is 0. The summed E-state index contributed by atoms with van der Waals surface area (Å²) in [6.45, 7) is 18.9. The summed E-state index contributed by atoms with van der Waals surface area (Å²) in [7, 11) is 6.20. The van der Waals surface area contributed by atoms with Crippen LogP contribution in [0.25, 0.3) is 0 Å². The van der Waals surface area contributed by atoms with Crippen molar-refractivity contribution in [2.45, 2.75) is 89.9 Å². The lowest BCUT2D eigenvalue weighted by Crippen LogP contribution is -2.43. The molecule has 33 heavy (non-hydrogen) atoms. The molecule has 0 saturated carbocycles. The fourth-order valence-corrected chi connectivity index (χ4v) is 2.76. The fourth-order valence-electron chi connectivity index (χ4n) is 2.59. The number of carbonyl (C=O) groups is 2. The average molecular weight is 488 g/mol. The van der Waals surface area contributed by atoms with Gasteiger partial charge in [0.25, 0.3) is 0 Å². The van der Waals surface area contributed by atoms with Gasteiger partial charge in [0.2, 0.25) is 5.91 Å². The van der Waals surface area contributed by atoms with Gasteiger partial charge in [-0.2, -0.15) is 12.6 Å². The number of nitrogens with one attached hydrogen (secondary N) is 2. The first-order chi connectivity index (χ1) is 14.6. The Morgan fingerprint density at radius 1 is 0.848 bits per heavy atom. The lowest BCUT2D eigenvalue weighted by atomic mass is 9.68. The van der Waals surface area contributed by atoms with Crippen molar-refractivity contribution in [3.05, 3.63) is 0 Å². The molecule has 0 aromatic heterocycles. The molecule has 10 heteroatoms. The monoisotopic (exact) mass is 487 g/mol. The molecule has 192 valence electrons. The maximum atomic E-state index is 12.4. The second-order valence-corrected chi connectivity index (χ2v) is 13.2. The summed E-state index contributed by atoms with van der Waals surface area (Å²) in [5.74, 6) is -0.149. The molecule has 0 fully saturated rings. The fraction of sp³-hybridized carbons (Fsp3) is 0.913. The van der Waals surface area contributed by atoms with E-state index in [1.54, 1.807) is 27.7 Å². The molecule has 0 bridgehead atoms. The maximum Gasteiger partial charge on any atom is 0.407 e. The predicted molar refractivity (Wildman–Crippen MR) is 137 cm³/mol. The molecule has 2 atom stereocenters. The van der Waals surface area contributed by atoms with Gasteiger partial charge < -0.3 is 30.6 Å². The Kier molecular flexibility index (Phi) is 12.3. The smallest absolute Gasteiger partial charge is 0.407 e. The van der Waals surface area contributed by atoms with Gasteiger partial charge in [-0.05, 0) is 46.9 Å².